The van der Waals surface area contributed by atoms with Crippen molar-refractivity contribution in [3.8, 4) is 0 Å². The van der Waals surface area contributed by atoms with Gasteiger partial charge >= 0.3 is 5.97 Å². The molecule has 0 fully saturated rings. The number of carbonyl (C=O) groups is 1. The Kier molecular flexibility index (Phi) is 26.6. The van der Waals surface area contributed by atoms with E-state index in [1.165, 1.54) is 116 Å². The zero-order valence-electron chi connectivity index (χ0n) is 23.6. The molecule has 0 heterocycles. The third kappa shape index (κ3) is 24.6. The van der Waals surface area contributed by atoms with Gasteiger partial charge in [-0.2, -0.15) is 0 Å². The second-order valence-electron chi connectivity index (χ2n) is 10.8. The molecule has 2 unspecified atom stereocenters. The lowest BCUT2D eigenvalue weighted by Crippen LogP contribution is -2.14. The van der Waals surface area contributed by atoms with Crippen molar-refractivity contribution in [2.75, 3.05) is 6.61 Å². The summed E-state index contributed by atoms with van der Waals surface area (Å²) in [5.74, 6) is 0.561. The summed E-state index contributed by atoms with van der Waals surface area (Å²) in [7, 11) is 0. The van der Waals surface area contributed by atoms with Crippen LogP contribution in [0.1, 0.15) is 175 Å². The maximum absolute atomic E-state index is 12.1. The summed E-state index contributed by atoms with van der Waals surface area (Å²) in [6, 6.07) is 0. The van der Waals surface area contributed by atoms with E-state index in [-0.39, 0.29) is 12.1 Å². The smallest absolute Gasteiger partial charge is 0.305 e. The van der Waals surface area contributed by atoms with E-state index in [0.717, 1.165) is 32.1 Å². The molecule has 3 nitrogen and oxygen atoms in total. The second-order valence-corrected chi connectivity index (χ2v) is 10.8. The summed E-state index contributed by atoms with van der Waals surface area (Å²) in [6.07, 6.45) is 28.5. The number of carbonyl (C=O) groups excluding carboxylic acids is 1. The summed E-state index contributed by atoms with van der Waals surface area (Å²) in [4.78, 5) is 12.1. The van der Waals surface area contributed by atoms with Gasteiger partial charge in [0.05, 0.1) is 12.7 Å². The van der Waals surface area contributed by atoms with Gasteiger partial charge in [-0.1, -0.05) is 136 Å². The van der Waals surface area contributed by atoms with Crippen molar-refractivity contribution in [1.82, 2.24) is 0 Å². The largest absolute Gasteiger partial charge is 0.465 e. The van der Waals surface area contributed by atoms with Crippen molar-refractivity contribution in [3.63, 3.8) is 0 Å². The van der Waals surface area contributed by atoms with E-state index < -0.39 is 0 Å². The van der Waals surface area contributed by atoms with Crippen LogP contribution >= 0.6 is 0 Å². The van der Waals surface area contributed by atoms with Gasteiger partial charge in [0.1, 0.15) is 0 Å². The van der Waals surface area contributed by atoms with Gasteiger partial charge in [0.2, 0.25) is 0 Å². The van der Waals surface area contributed by atoms with Crippen LogP contribution in [0.4, 0.5) is 0 Å². The monoisotopic (exact) mass is 482 g/mol. The zero-order chi connectivity index (χ0) is 25.1. The molecule has 0 spiro atoms. The van der Waals surface area contributed by atoms with Crippen molar-refractivity contribution >= 4 is 5.97 Å². The summed E-state index contributed by atoms with van der Waals surface area (Å²) in [5, 5.41) is 10.1. The molecule has 0 aliphatic rings. The van der Waals surface area contributed by atoms with E-state index in [1.807, 2.05) is 0 Å². The van der Waals surface area contributed by atoms with E-state index >= 15 is 0 Å². The van der Waals surface area contributed by atoms with Gasteiger partial charge in [0.15, 0.2) is 0 Å². The lowest BCUT2D eigenvalue weighted by atomic mass is 9.96. The van der Waals surface area contributed by atoms with Crippen molar-refractivity contribution in [1.29, 1.82) is 0 Å². The summed E-state index contributed by atoms with van der Waals surface area (Å²) >= 11 is 0. The molecule has 0 bridgehead atoms. The normalized spacial score (nSPS) is 13.2. The van der Waals surface area contributed by atoms with Crippen LogP contribution < -0.4 is 0 Å². The van der Waals surface area contributed by atoms with Crippen LogP contribution in [0.3, 0.4) is 0 Å². The third-order valence-electron chi connectivity index (χ3n) is 7.22. The molecule has 2 atom stereocenters. The molecule has 0 aromatic heterocycles. The van der Waals surface area contributed by atoms with E-state index in [4.69, 9.17) is 4.74 Å². The topological polar surface area (TPSA) is 46.5 Å². The first-order valence-corrected chi connectivity index (χ1v) is 15.5. The fraction of sp³-hybridized carbons (Fsp3) is 0.968. The van der Waals surface area contributed by atoms with Gasteiger partial charge in [-0.05, 0) is 38.0 Å². The van der Waals surface area contributed by atoms with Crippen LogP contribution in [0.5, 0.6) is 0 Å². The Hall–Kier alpha value is -0.570. The Morgan fingerprint density at radius 2 is 0.971 bits per heavy atom. The molecule has 0 rings (SSSR count). The van der Waals surface area contributed by atoms with Crippen LogP contribution in [0, 0.1) is 5.92 Å². The van der Waals surface area contributed by atoms with Gasteiger partial charge in [-0.3, -0.25) is 4.79 Å². The fourth-order valence-corrected chi connectivity index (χ4v) is 4.78. The Labute approximate surface area is 214 Å². The predicted molar refractivity (Wildman–Crippen MR) is 148 cm³/mol. The number of unbranched alkanes of at least 4 members (excludes halogenated alkanes) is 15. The predicted octanol–water partition coefficient (Wildman–Crippen LogP) is 9.93. The quantitative estimate of drug-likeness (QED) is 0.0935. The molecule has 0 aromatic carbocycles. The summed E-state index contributed by atoms with van der Waals surface area (Å²) in [6.45, 7) is 7.37. The van der Waals surface area contributed by atoms with E-state index in [9.17, 15) is 9.90 Å². The number of aliphatic hydroxyl groups is 1. The Bertz CT molecular complexity index is 409. The first-order valence-electron chi connectivity index (χ1n) is 15.5. The highest BCUT2D eigenvalue weighted by atomic mass is 16.5. The highest BCUT2D eigenvalue weighted by molar-refractivity contribution is 5.69. The standard InChI is InChI=1S/C31H62O3/c1-4-7-10-12-13-16-20-25-30(32)26-21-17-14-15-18-22-27-31(33)34-28-29(23-9-6-3)24-19-11-8-5-2/h29-30,32H,4-28H2,1-3H3. The molecule has 0 aliphatic heterocycles. The third-order valence-corrected chi connectivity index (χ3v) is 7.22. The lowest BCUT2D eigenvalue weighted by Gasteiger charge is -2.16. The van der Waals surface area contributed by atoms with Crippen molar-refractivity contribution < 1.29 is 14.6 Å². The van der Waals surface area contributed by atoms with Gasteiger partial charge in [0.25, 0.3) is 0 Å². The van der Waals surface area contributed by atoms with E-state index in [1.54, 1.807) is 0 Å². The average molecular weight is 483 g/mol. The minimum absolute atomic E-state index is 0.00328. The van der Waals surface area contributed by atoms with Crippen LogP contribution in [0.25, 0.3) is 0 Å². The maximum atomic E-state index is 12.1. The number of hydrogen-bond donors (Lipinski definition) is 1. The minimum Gasteiger partial charge on any atom is -0.465 e. The average Bonchev–Trinajstić information content (AvgIpc) is 2.84. The first-order chi connectivity index (χ1) is 16.6. The van der Waals surface area contributed by atoms with Gasteiger partial charge < -0.3 is 9.84 Å². The molecule has 34 heavy (non-hydrogen) atoms. The fourth-order valence-electron chi connectivity index (χ4n) is 4.78. The Morgan fingerprint density at radius 3 is 1.53 bits per heavy atom. The minimum atomic E-state index is -0.0989. The molecule has 204 valence electrons. The summed E-state index contributed by atoms with van der Waals surface area (Å²) < 4.78 is 5.63. The molecule has 0 aliphatic carbocycles. The summed E-state index contributed by atoms with van der Waals surface area (Å²) in [5.41, 5.74) is 0. The highest BCUT2D eigenvalue weighted by Crippen LogP contribution is 2.19. The molecule has 3 heteroatoms. The van der Waals surface area contributed by atoms with Gasteiger partial charge in [0, 0.05) is 6.42 Å². The molecule has 0 aromatic rings. The van der Waals surface area contributed by atoms with Crippen LogP contribution in [0.15, 0.2) is 0 Å². The number of esters is 1. The molecule has 0 radical (unpaired) electrons. The van der Waals surface area contributed by atoms with Crippen LogP contribution in [-0.4, -0.2) is 23.8 Å². The molecule has 1 N–H and O–H groups in total. The second kappa shape index (κ2) is 27.0. The SMILES string of the molecule is CCCCCCCCCC(O)CCCCCCCCC(=O)OCC(CCCC)CCCCCC. The van der Waals surface area contributed by atoms with Gasteiger partial charge in [-0.25, -0.2) is 0 Å². The maximum Gasteiger partial charge on any atom is 0.305 e. The Balaban J connectivity index is 3.57. The zero-order valence-corrected chi connectivity index (χ0v) is 23.6. The molecular formula is C31H62O3. The molecule has 0 saturated heterocycles. The van der Waals surface area contributed by atoms with Crippen molar-refractivity contribution in [2.45, 2.75) is 181 Å². The lowest BCUT2D eigenvalue weighted by molar-refractivity contribution is -0.145. The van der Waals surface area contributed by atoms with E-state index in [2.05, 4.69) is 20.8 Å². The van der Waals surface area contributed by atoms with Crippen LogP contribution in [0.2, 0.25) is 0 Å². The molecule has 0 amide bonds. The van der Waals surface area contributed by atoms with Crippen molar-refractivity contribution in [2.24, 2.45) is 5.92 Å². The number of ether oxygens (including phenoxy) is 1. The molecular weight excluding hydrogens is 420 g/mol. The highest BCUT2D eigenvalue weighted by Gasteiger charge is 2.12. The van der Waals surface area contributed by atoms with Gasteiger partial charge in [-0.15, -0.1) is 0 Å². The number of aliphatic hydroxyl groups excluding tert-OH is 1. The Morgan fingerprint density at radius 1 is 0.559 bits per heavy atom. The van der Waals surface area contributed by atoms with E-state index in [0.29, 0.717) is 18.9 Å². The number of hydrogen-bond acceptors (Lipinski definition) is 3. The first kappa shape index (κ1) is 33.4. The number of rotatable bonds is 27. The van der Waals surface area contributed by atoms with Crippen LogP contribution in [-0.2, 0) is 9.53 Å². The molecule has 0 saturated carbocycles. The van der Waals surface area contributed by atoms with Crippen molar-refractivity contribution in [3.05, 3.63) is 0 Å².